The maximum atomic E-state index is 12.1. The molecule has 0 amide bonds. The lowest BCUT2D eigenvalue weighted by Crippen LogP contribution is -2.36. The lowest BCUT2D eigenvalue weighted by Gasteiger charge is -2.00. The van der Waals surface area contributed by atoms with E-state index in [1.165, 1.54) is 11.6 Å². The van der Waals surface area contributed by atoms with Crippen molar-refractivity contribution < 1.29 is 0 Å². The van der Waals surface area contributed by atoms with Gasteiger partial charge in [-0.05, 0) is 12.1 Å². The quantitative estimate of drug-likeness (QED) is 0.565. The molecule has 0 saturated heterocycles. The van der Waals surface area contributed by atoms with Gasteiger partial charge in [-0.2, -0.15) is 4.98 Å². The van der Waals surface area contributed by atoms with E-state index in [1.54, 1.807) is 17.9 Å². The Balaban J connectivity index is 1.83. The van der Waals surface area contributed by atoms with Crippen LogP contribution in [-0.4, -0.2) is 23.8 Å². The first-order valence-electron chi connectivity index (χ1n) is 7.20. The Kier molecular flexibility index (Phi) is 2.95. The standard InChI is InChI=1S/C15H13N7O2/c1-20-12-11(13(23)21(2)15(20)24)16-14(17-12)18-19-22-8-7-9-5-3-4-6-10(9)22/h3-8H,1-2H3,(H,16,17)/b19-18-. The van der Waals surface area contributed by atoms with Gasteiger partial charge in [0.2, 0.25) is 0 Å². The molecule has 0 bridgehead atoms. The predicted molar refractivity (Wildman–Crippen MR) is 88.4 cm³/mol. The second-order valence-electron chi connectivity index (χ2n) is 5.37. The summed E-state index contributed by atoms with van der Waals surface area (Å²) in [7, 11) is 2.96. The van der Waals surface area contributed by atoms with Gasteiger partial charge in [0.25, 0.3) is 11.5 Å². The Labute approximate surface area is 134 Å². The van der Waals surface area contributed by atoms with Crippen molar-refractivity contribution in [2.24, 2.45) is 24.4 Å². The highest BCUT2D eigenvalue weighted by molar-refractivity contribution is 5.79. The fraction of sp³-hybridized carbons (Fsp3) is 0.133. The summed E-state index contributed by atoms with van der Waals surface area (Å²) in [6.07, 6.45) is 1.78. The smallest absolute Gasteiger partial charge is 0.315 e. The summed E-state index contributed by atoms with van der Waals surface area (Å²) in [6, 6.07) is 9.68. The van der Waals surface area contributed by atoms with Crippen LogP contribution < -0.4 is 11.2 Å². The number of fused-ring (bicyclic) bond motifs is 2. The first kappa shape index (κ1) is 14.1. The van der Waals surface area contributed by atoms with Gasteiger partial charge in [0.05, 0.1) is 5.52 Å². The molecule has 0 atom stereocenters. The number of hydrogen-bond acceptors (Lipinski definition) is 5. The van der Waals surface area contributed by atoms with Crippen LogP contribution in [0, 0.1) is 0 Å². The fourth-order valence-corrected chi connectivity index (χ4v) is 2.60. The minimum atomic E-state index is -0.450. The molecule has 0 unspecified atom stereocenters. The fourth-order valence-electron chi connectivity index (χ4n) is 2.60. The van der Waals surface area contributed by atoms with Gasteiger partial charge < -0.3 is 4.98 Å². The number of aromatic nitrogens is 5. The minimum absolute atomic E-state index is 0.154. The van der Waals surface area contributed by atoms with Crippen molar-refractivity contribution in [2.45, 2.75) is 0 Å². The van der Waals surface area contributed by atoms with Crippen molar-refractivity contribution >= 4 is 28.0 Å². The van der Waals surface area contributed by atoms with Crippen molar-refractivity contribution in [3.05, 3.63) is 57.4 Å². The highest BCUT2D eigenvalue weighted by atomic mass is 16.2. The molecule has 9 heteroatoms. The molecule has 0 spiro atoms. The molecule has 1 N–H and O–H groups in total. The first-order valence-corrected chi connectivity index (χ1v) is 7.20. The molecule has 1 aromatic carbocycles. The third-order valence-corrected chi connectivity index (χ3v) is 3.90. The predicted octanol–water partition coefficient (Wildman–Crippen LogP) is 1.46. The number of nitrogens with one attached hydrogen (secondary N) is 1. The Morgan fingerprint density at radius 2 is 1.88 bits per heavy atom. The molecule has 3 heterocycles. The summed E-state index contributed by atoms with van der Waals surface area (Å²) < 4.78 is 3.91. The van der Waals surface area contributed by atoms with Crippen LogP contribution >= 0.6 is 0 Å². The second kappa shape index (κ2) is 5.01. The number of para-hydroxylation sites is 1. The van der Waals surface area contributed by atoms with E-state index >= 15 is 0 Å². The monoisotopic (exact) mass is 323 g/mol. The summed E-state index contributed by atoms with van der Waals surface area (Å²) in [4.78, 5) is 31.0. The zero-order valence-corrected chi connectivity index (χ0v) is 13.0. The van der Waals surface area contributed by atoms with E-state index in [1.807, 2.05) is 30.3 Å². The number of nitrogens with zero attached hydrogens (tertiary/aromatic N) is 6. The summed E-state index contributed by atoms with van der Waals surface area (Å²) in [5.74, 6) is 0.154. The molecule has 120 valence electrons. The van der Waals surface area contributed by atoms with E-state index in [0.717, 1.165) is 15.5 Å². The van der Waals surface area contributed by atoms with Crippen LogP contribution in [0.2, 0.25) is 0 Å². The van der Waals surface area contributed by atoms with Crippen LogP contribution in [0.15, 0.2) is 56.5 Å². The average molecular weight is 323 g/mol. The zero-order valence-electron chi connectivity index (χ0n) is 13.0. The summed E-state index contributed by atoms with van der Waals surface area (Å²) in [6.45, 7) is 0. The SMILES string of the molecule is Cn1c(=O)c2[nH]c(/N=N\n3ccc4ccccc43)nc2n(C)c1=O. The molecule has 9 nitrogen and oxygen atoms in total. The number of aromatic amines is 1. The van der Waals surface area contributed by atoms with Gasteiger partial charge in [0, 0.05) is 25.7 Å². The van der Waals surface area contributed by atoms with E-state index in [-0.39, 0.29) is 17.1 Å². The maximum Gasteiger partial charge on any atom is 0.332 e. The molecule has 0 aliphatic heterocycles. The van der Waals surface area contributed by atoms with Crippen molar-refractivity contribution in [3.8, 4) is 0 Å². The van der Waals surface area contributed by atoms with Gasteiger partial charge in [0.1, 0.15) is 0 Å². The van der Waals surface area contributed by atoms with Gasteiger partial charge in [-0.1, -0.05) is 28.5 Å². The number of aryl methyl sites for hydroxylation is 1. The van der Waals surface area contributed by atoms with Crippen molar-refractivity contribution in [2.75, 3.05) is 0 Å². The van der Waals surface area contributed by atoms with Gasteiger partial charge in [-0.15, -0.1) is 0 Å². The highest BCUT2D eigenvalue weighted by Crippen LogP contribution is 2.17. The summed E-state index contributed by atoms with van der Waals surface area (Å²) >= 11 is 0. The third-order valence-electron chi connectivity index (χ3n) is 3.90. The molecule has 0 aliphatic carbocycles. The van der Waals surface area contributed by atoms with Gasteiger partial charge in [-0.3, -0.25) is 13.9 Å². The zero-order chi connectivity index (χ0) is 16.8. The highest BCUT2D eigenvalue weighted by Gasteiger charge is 2.13. The average Bonchev–Trinajstić information content (AvgIpc) is 3.20. The summed E-state index contributed by atoms with van der Waals surface area (Å²) in [5.41, 5.74) is 0.466. The topological polar surface area (TPSA) is 102 Å². The Morgan fingerprint density at radius 3 is 2.71 bits per heavy atom. The Bertz CT molecular complexity index is 1220. The maximum absolute atomic E-state index is 12.1. The lowest BCUT2D eigenvalue weighted by atomic mass is 10.3. The van der Waals surface area contributed by atoms with E-state index in [9.17, 15) is 9.59 Å². The molecular formula is C15H13N7O2. The number of rotatable bonds is 2. The number of H-pyrrole nitrogens is 1. The van der Waals surface area contributed by atoms with E-state index in [2.05, 4.69) is 20.3 Å². The molecular weight excluding hydrogens is 310 g/mol. The van der Waals surface area contributed by atoms with E-state index < -0.39 is 11.2 Å². The van der Waals surface area contributed by atoms with Crippen LogP contribution in [0.1, 0.15) is 0 Å². The van der Waals surface area contributed by atoms with Crippen LogP contribution in [0.25, 0.3) is 22.1 Å². The molecule has 0 fully saturated rings. The van der Waals surface area contributed by atoms with Crippen LogP contribution in [0.4, 0.5) is 5.95 Å². The normalized spacial score (nSPS) is 11.9. The van der Waals surface area contributed by atoms with Gasteiger partial charge >= 0.3 is 5.69 Å². The molecule has 4 aromatic rings. The van der Waals surface area contributed by atoms with E-state index in [0.29, 0.717) is 0 Å². The molecule has 24 heavy (non-hydrogen) atoms. The van der Waals surface area contributed by atoms with Gasteiger partial charge in [-0.25, -0.2) is 9.47 Å². The molecule has 4 rings (SSSR count). The Morgan fingerprint density at radius 1 is 1.08 bits per heavy atom. The van der Waals surface area contributed by atoms with Crippen LogP contribution in [0.5, 0.6) is 0 Å². The molecule has 0 aliphatic rings. The van der Waals surface area contributed by atoms with Crippen LogP contribution in [-0.2, 0) is 14.1 Å². The van der Waals surface area contributed by atoms with E-state index in [4.69, 9.17) is 0 Å². The largest absolute Gasteiger partial charge is 0.332 e. The van der Waals surface area contributed by atoms with Crippen molar-refractivity contribution in [1.82, 2.24) is 23.8 Å². The van der Waals surface area contributed by atoms with Crippen molar-refractivity contribution in [3.63, 3.8) is 0 Å². The minimum Gasteiger partial charge on any atom is -0.315 e. The molecule has 3 aromatic heterocycles. The van der Waals surface area contributed by atoms with Crippen molar-refractivity contribution in [1.29, 1.82) is 0 Å². The lowest BCUT2D eigenvalue weighted by molar-refractivity contribution is 0.708. The second-order valence-corrected chi connectivity index (χ2v) is 5.37. The number of imidazole rings is 1. The number of benzene rings is 1. The molecule has 0 radical (unpaired) electrons. The Hall–Kier alpha value is -3.49. The first-order chi connectivity index (χ1) is 11.6. The third kappa shape index (κ3) is 1.98. The van der Waals surface area contributed by atoms with Crippen LogP contribution in [0.3, 0.4) is 0 Å². The number of hydrogen-bond donors (Lipinski definition) is 1. The van der Waals surface area contributed by atoms with Gasteiger partial charge in [0.15, 0.2) is 11.2 Å². The summed E-state index contributed by atoms with van der Waals surface area (Å²) in [5, 5.41) is 9.19. The molecule has 0 saturated carbocycles.